The molecule has 0 spiro atoms. The summed E-state index contributed by atoms with van der Waals surface area (Å²) in [5.41, 5.74) is 6.36. The van der Waals surface area contributed by atoms with Crippen LogP contribution in [0.2, 0.25) is 0 Å². The molecule has 0 amide bonds. The van der Waals surface area contributed by atoms with E-state index < -0.39 is 0 Å². The second kappa shape index (κ2) is 4.78. The molecule has 3 N–H and O–H groups in total. The second-order valence-electron chi connectivity index (χ2n) is 3.90. The number of aromatic nitrogens is 2. The minimum Gasteiger partial charge on any atom is -0.275 e. The molecule has 0 aromatic carbocycles. The highest BCUT2D eigenvalue weighted by molar-refractivity contribution is 7.07. The zero-order valence-corrected chi connectivity index (χ0v) is 10.3. The first-order chi connectivity index (χ1) is 7.70. The van der Waals surface area contributed by atoms with E-state index in [4.69, 9.17) is 5.84 Å². The highest BCUT2D eigenvalue weighted by Crippen LogP contribution is 2.21. The molecule has 2 rings (SSSR count). The van der Waals surface area contributed by atoms with Gasteiger partial charge in [-0.25, -0.2) is 0 Å². The maximum absolute atomic E-state index is 5.62. The summed E-state index contributed by atoms with van der Waals surface area (Å²) in [7, 11) is 1.93. The van der Waals surface area contributed by atoms with Crippen molar-refractivity contribution in [3.8, 4) is 0 Å². The SMILES string of the molecule is Cc1nn(C)cc1C(Cc1ccsc1)NN. The second-order valence-corrected chi connectivity index (χ2v) is 4.68. The third-order valence-electron chi connectivity index (χ3n) is 2.65. The molecule has 1 unspecified atom stereocenters. The molecule has 86 valence electrons. The summed E-state index contributed by atoms with van der Waals surface area (Å²) in [6.07, 6.45) is 2.92. The summed E-state index contributed by atoms with van der Waals surface area (Å²) in [5.74, 6) is 5.62. The molecule has 1 atom stereocenters. The average Bonchev–Trinajstić information content (AvgIpc) is 2.85. The Morgan fingerprint density at radius 2 is 2.44 bits per heavy atom. The third-order valence-corrected chi connectivity index (χ3v) is 3.38. The fourth-order valence-electron chi connectivity index (χ4n) is 1.86. The molecule has 0 aliphatic carbocycles. The van der Waals surface area contributed by atoms with Crippen LogP contribution in [0.4, 0.5) is 0 Å². The summed E-state index contributed by atoms with van der Waals surface area (Å²) in [5, 5.41) is 8.56. The van der Waals surface area contributed by atoms with Crippen LogP contribution in [0, 0.1) is 6.92 Å². The molecule has 16 heavy (non-hydrogen) atoms. The van der Waals surface area contributed by atoms with Crippen molar-refractivity contribution in [2.75, 3.05) is 0 Å². The van der Waals surface area contributed by atoms with Gasteiger partial charge >= 0.3 is 0 Å². The Bertz CT molecular complexity index is 447. The van der Waals surface area contributed by atoms with Gasteiger partial charge < -0.3 is 0 Å². The van der Waals surface area contributed by atoms with E-state index in [0.717, 1.165) is 17.7 Å². The van der Waals surface area contributed by atoms with Gasteiger partial charge in [0.05, 0.1) is 11.7 Å². The lowest BCUT2D eigenvalue weighted by Crippen LogP contribution is -2.29. The number of nitrogens with two attached hydrogens (primary N) is 1. The molecular weight excluding hydrogens is 220 g/mol. The van der Waals surface area contributed by atoms with Crippen molar-refractivity contribution in [3.05, 3.63) is 39.8 Å². The summed E-state index contributed by atoms with van der Waals surface area (Å²) >= 11 is 1.71. The van der Waals surface area contributed by atoms with Gasteiger partial charge in [-0.05, 0) is 35.7 Å². The first kappa shape index (κ1) is 11.3. The van der Waals surface area contributed by atoms with E-state index in [0.29, 0.717) is 0 Å². The number of rotatable bonds is 4. The summed E-state index contributed by atoms with van der Waals surface area (Å²) in [6.45, 7) is 2.01. The Labute approximate surface area is 99.1 Å². The molecule has 2 aromatic rings. The van der Waals surface area contributed by atoms with E-state index >= 15 is 0 Å². The number of thiophene rings is 1. The fourth-order valence-corrected chi connectivity index (χ4v) is 2.54. The fraction of sp³-hybridized carbons (Fsp3) is 0.364. The van der Waals surface area contributed by atoms with Gasteiger partial charge in [0.2, 0.25) is 0 Å². The van der Waals surface area contributed by atoms with Gasteiger partial charge in [0.1, 0.15) is 0 Å². The monoisotopic (exact) mass is 236 g/mol. The highest BCUT2D eigenvalue weighted by atomic mass is 32.1. The van der Waals surface area contributed by atoms with Crippen molar-refractivity contribution in [2.24, 2.45) is 12.9 Å². The molecular formula is C11H16N4S. The third kappa shape index (κ3) is 2.32. The first-order valence-electron chi connectivity index (χ1n) is 5.18. The van der Waals surface area contributed by atoms with Gasteiger partial charge in [0.15, 0.2) is 0 Å². The quantitative estimate of drug-likeness (QED) is 0.625. The maximum Gasteiger partial charge on any atom is 0.0642 e. The van der Waals surface area contributed by atoms with E-state index in [-0.39, 0.29) is 6.04 Å². The molecule has 2 aromatic heterocycles. The van der Waals surface area contributed by atoms with E-state index in [9.17, 15) is 0 Å². The van der Waals surface area contributed by atoms with Gasteiger partial charge in [0, 0.05) is 18.8 Å². The number of hydrazine groups is 1. The Kier molecular flexibility index (Phi) is 3.38. The largest absolute Gasteiger partial charge is 0.275 e. The molecule has 0 fully saturated rings. The topological polar surface area (TPSA) is 55.9 Å². The Hall–Kier alpha value is -1.17. The smallest absolute Gasteiger partial charge is 0.0642 e. The van der Waals surface area contributed by atoms with Gasteiger partial charge in [0.25, 0.3) is 0 Å². The summed E-state index contributed by atoms with van der Waals surface area (Å²) in [4.78, 5) is 0. The van der Waals surface area contributed by atoms with Gasteiger partial charge in [-0.15, -0.1) is 0 Å². The molecule has 0 aliphatic heterocycles. The molecule has 4 nitrogen and oxygen atoms in total. The molecule has 0 bridgehead atoms. The molecule has 0 saturated heterocycles. The number of nitrogens with zero attached hydrogens (tertiary/aromatic N) is 2. The van der Waals surface area contributed by atoms with Crippen molar-refractivity contribution in [1.82, 2.24) is 15.2 Å². The van der Waals surface area contributed by atoms with Gasteiger partial charge in [-0.3, -0.25) is 16.0 Å². The number of nitrogens with one attached hydrogen (secondary N) is 1. The highest BCUT2D eigenvalue weighted by Gasteiger charge is 2.15. The van der Waals surface area contributed by atoms with Crippen LogP contribution in [0.3, 0.4) is 0 Å². The van der Waals surface area contributed by atoms with Crippen LogP contribution in [-0.2, 0) is 13.5 Å². The molecule has 0 aliphatic rings. The predicted molar refractivity (Wildman–Crippen MR) is 66.0 cm³/mol. The van der Waals surface area contributed by atoms with E-state index in [1.54, 1.807) is 11.3 Å². The lowest BCUT2D eigenvalue weighted by atomic mass is 10.0. The normalized spacial score (nSPS) is 12.9. The zero-order chi connectivity index (χ0) is 11.5. The van der Waals surface area contributed by atoms with Gasteiger partial charge in [-0.1, -0.05) is 0 Å². The summed E-state index contributed by atoms with van der Waals surface area (Å²) < 4.78 is 1.82. The van der Waals surface area contributed by atoms with Crippen LogP contribution in [0.15, 0.2) is 23.0 Å². The Morgan fingerprint density at radius 1 is 1.62 bits per heavy atom. The Balaban J connectivity index is 2.19. The van der Waals surface area contributed by atoms with E-state index in [2.05, 4.69) is 27.4 Å². The van der Waals surface area contributed by atoms with Crippen molar-refractivity contribution < 1.29 is 0 Å². The van der Waals surface area contributed by atoms with Crippen LogP contribution >= 0.6 is 11.3 Å². The molecule has 2 heterocycles. The van der Waals surface area contributed by atoms with Crippen LogP contribution in [-0.4, -0.2) is 9.78 Å². The zero-order valence-electron chi connectivity index (χ0n) is 9.47. The maximum atomic E-state index is 5.62. The lowest BCUT2D eigenvalue weighted by Gasteiger charge is -2.14. The van der Waals surface area contributed by atoms with Crippen molar-refractivity contribution in [3.63, 3.8) is 0 Å². The van der Waals surface area contributed by atoms with Gasteiger partial charge in [-0.2, -0.15) is 16.4 Å². The number of hydrogen-bond donors (Lipinski definition) is 2. The van der Waals surface area contributed by atoms with Crippen LogP contribution in [0.1, 0.15) is 22.9 Å². The predicted octanol–water partition coefficient (Wildman–Crippen LogP) is 1.54. The molecule has 0 radical (unpaired) electrons. The Morgan fingerprint density at radius 3 is 2.94 bits per heavy atom. The minimum atomic E-state index is 0.128. The lowest BCUT2D eigenvalue weighted by molar-refractivity contribution is 0.550. The van der Waals surface area contributed by atoms with Crippen molar-refractivity contribution >= 4 is 11.3 Å². The number of hydrogen-bond acceptors (Lipinski definition) is 4. The summed E-state index contributed by atoms with van der Waals surface area (Å²) in [6, 6.07) is 2.25. The number of aryl methyl sites for hydroxylation is 2. The van der Waals surface area contributed by atoms with Crippen LogP contribution in [0.5, 0.6) is 0 Å². The van der Waals surface area contributed by atoms with Crippen LogP contribution < -0.4 is 11.3 Å². The molecule has 0 saturated carbocycles. The van der Waals surface area contributed by atoms with E-state index in [1.807, 2.05) is 24.9 Å². The van der Waals surface area contributed by atoms with Crippen molar-refractivity contribution in [2.45, 2.75) is 19.4 Å². The average molecular weight is 236 g/mol. The molecule has 5 heteroatoms. The standard InChI is InChI=1S/C11H16N4S/c1-8-10(6-15(2)14-8)11(13-12)5-9-3-4-16-7-9/h3-4,6-7,11,13H,5,12H2,1-2H3. The van der Waals surface area contributed by atoms with Crippen molar-refractivity contribution in [1.29, 1.82) is 0 Å². The van der Waals surface area contributed by atoms with E-state index in [1.165, 1.54) is 5.56 Å². The minimum absolute atomic E-state index is 0.128. The first-order valence-corrected chi connectivity index (χ1v) is 6.12. The van der Waals surface area contributed by atoms with Crippen LogP contribution in [0.25, 0.3) is 0 Å².